The van der Waals surface area contributed by atoms with Crippen molar-refractivity contribution in [1.29, 1.82) is 0 Å². The average Bonchev–Trinajstić information content (AvgIpc) is 2.24. The normalized spacial score (nSPS) is 10.4. The molecule has 3 N–H and O–H groups in total. The van der Waals surface area contributed by atoms with Gasteiger partial charge in [-0.05, 0) is 24.4 Å². The number of benzene rings is 1. The standard InChI is InChI=1S/C9H9Cl2N3OS/c1-15-6-3-2-5(7(10)8(6)11)4-13-14-9(12)16/h2-4H,1H3,(H3,12,14,16). The summed E-state index contributed by atoms with van der Waals surface area (Å²) in [6.45, 7) is 0. The minimum atomic E-state index is 0.0759. The second-order valence-electron chi connectivity index (χ2n) is 2.72. The van der Waals surface area contributed by atoms with Crippen molar-refractivity contribution >= 4 is 46.7 Å². The van der Waals surface area contributed by atoms with E-state index in [9.17, 15) is 0 Å². The molecule has 86 valence electrons. The van der Waals surface area contributed by atoms with Crippen LogP contribution in [0.2, 0.25) is 10.0 Å². The Bertz CT molecular complexity index is 437. The summed E-state index contributed by atoms with van der Waals surface area (Å²) in [6, 6.07) is 3.41. The largest absolute Gasteiger partial charge is 0.495 e. The molecule has 7 heteroatoms. The van der Waals surface area contributed by atoms with Gasteiger partial charge in [0.15, 0.2) is 5.11 Å². The number of hydrazone groups is 1. The molecule has 1 aromatic carbocycles. The monoisotopic (exact) mass is 277 g/mol. The van der Waals surface area contributed by atoms with E-state index in [4.69, 9.17) is 33.7 Å². The molecule has 0 amide bonds. The summed E-state index contributed by atoms with van der Waals surface area (Å²) in [5, 5.41) is 4.54. The van der Waals surface area contributed by atoms with E-state index in [1.54, 1.807) is 12.1 Å². The maximum absolute atomic E-state index is 6.00. The highest BCUT2D eigenvalue weighted by Crippen LogP contribution is 2.33. The van der Waals surface area contributed by atoms with Gasteiger partial charge in [-0.1, -0.05) is 23.2 Å². The molecule has 0 fully saturated rings. The molecule has 0 saturated carbocycles. The molecule has 0 unspecified atom stereocenters. The Morgan fingerprint density at radius 1 is 1.50 bits per heavy atom. The first kappa shape index (κ1) is 13.0. The summed E-state index contributed by atoms with van der Waals surface area (Å²) in [5.41, 5.74) is 8.25. The Hall–Kier alpha value is -1.04. The molecule has 0 aliphatic heterocycles. The smallest absolute Gasteiger partial charge is 0.184 e. The lowest BCUT2D eigenvalue weighted by atomic mass is 10.2. The summed E-state index contributed by atoms with van der Waals surface area (Å²) in [7, 11) is 1.51. The van der Waals surface area contributed by atoms with E-state index in [0.29, 0.717) is 21.4 Å². The Labute approximate surface area is 108 Å². The number of nitrogens with zero attached hydrogens (tertiary/aromatic N) is 1. The molecular formula is C9H9Cl2N3OS. The van der Waals surface area contributed by atoms with E-state index in [2.05, 4.69) is 22.7 Å². The van der Waals surface area contributed by atoms with Crippen LogP contribution in [0.5, 0.6) is 5.75 Å². The Morgan fingerprint density at radius 3 is 2.75 bits per heavy atom. The van der Waals surface area contributed by atoms with E-state index in [1.165, 1.54) is 13.3 Å². The van der Waals surface area contributed by atoms with Crippen LogP contribution in [0.3, 0.4) is 0 Å². The number of hydrogen-bond acceptors (Lipinski definition) is 3. The first-order valence-electron chi connectivity index (χ1n) is 4.16. The lowest BCUT2D eigenvalue weighted by Gasteiger charge is -2.06. The number of thiocarbonyl (C=S) groups is 1. The Kier molecular flexibility index (Phi) is 4.79. The van der Waals surface area contributed by atoms with Crippen molar-refractivity contribution in [3.63, 3.8) is 0 Å². The van der Waals surface area contributed by atoms with E-state index in [1.807, 2.05) is 0 Å². The van der Waals surface area contributed by atoms with E-state index < -0.39 is 0 Å². The Morgan fingerprint density at radius 2 is 2.19 bits per heavy atom. The molecular weight excluding hydrogens is 269 g/mol. The zero-order chi connectivity index (χ0) is 12.1. The quantitative estimate of drug-likeness (QED) is 0.505. The fourth-order valence-corrected chi connectivity index (χ4v) is 1.48. The number of hydrogen-bond donors (Lipinski definition) is 2. The van der Waals surface area contributed by atoms with Gasteiger partial charge >= 0.3 is 0 Å². The average molecular weight is 278 g/mol. The van der Waals surface area contributed by atoms with Gasteiger partial charge in [0, 0.05) is 5.56 Å². The molecule has 0 aliphatic carbocycles. The number of halogens is 2. The molecule has 1 aromatic rings. The van der Waals surface area contributed by atoms with E-state index >= 15 is 0 Å². The lowest BCUT2D eigenvalue weighted by Crippen LogP contribution is -2.24. The molecule has 0 radical (unpaired) electrons. The molecule has 4 nitrogen and oxygen atoms in total. The predicted molar refractivity (Wildman–Crippen MR) is 70.5 cm³/mol. The van der Waals surface area contributed by atoms with Crippen molar-refractivity contribution in [2.75, 3.05) is 7.11 Å². The zero-order valence-corrected chi connectivity index (χ0v) is 10.7. The van der Waals surface area contributed by atoms with Crippen molar-refractivity contribution in [3.05, 3.63) is 27.7 Å². The van der Waals surface area contributed by atoms with Gasteiger partial charge in [-0.2, -0.15) is 5.10 Å². The molecule has 0 bridgehead atoms. The topological polar surface area (TPSA) is 59.6 Å². The molecule has 1 rings (SSSR count). The third kappa shape index (κ3) is 3.23. The van der Waals surface area contributed by atoms with Gasteiger partial charge < -0.3 is 10.5 Å². The molecule has 0 spiro atoms. The highest BCUT2D eigenvalue weighted by atomic mass is 35.5. The zero-order valence-electron chi connectivity index (χ0n) is 8.33. The second kappa shape index (κ2) is 5.89. The maximum atomic E-state index is 6.00. The van der Waals surface area contributed by atoms with Crippen LogP contribution in [0.15, 0.2) is 17.2 Å². The van der Waals surface area contributed by atoms with Crippen molar-refractivity contribution in [3.8, 4) is 5.75 Å². The summed E-state index contributed by atoms with van der Waals surface area (Å²) in [6.07, 6.45) is 1.47. The van der Waals surface area contributed by atoms with Crippen molar-refractivity contribution in [1.82, 2.24) is 5.43 Å². The first-order valence-corrected chi connectivity index (χ1v) is 5.33. The van der Waals surface area contributed by atoms with Crippen LogP contribution in [0.1, 0.15) is 5.56 Å². The Balaban J connectivity index is 2.94. The highest BCUT2D eigenvalue weighted by Gasteiger charge is 2.08. The summed E-state index contributed by atoms with van der Waals surface area (Å²) < 4.78 is 5.01. The summed E-state index contributed by atoms with van der Waals surface area (Å²) in [5.74, 6) is 0.506. The second-order valence-corrected chi connectivity index (χ2v) is 3.92. The van der Waals surface area contributed by atoms with Gasteiger partial charge in [-0.25, -0.2) is 0 Å². The minimum absolute atomic E-state index is 0.0759. The number of nitrogens with two attached hydrogens (primary N) is 1. The lowest BCUT2D eigenvalue weighted by molar-refractivity contribution is 0.415. The number of rotatable bonds is 3. The van der Waals surface area contributed by atoms with Crippen LogP contribution in [-0.4, -0.2) is 18.4 Å². The predicted octanol–water partition coefficient (Wildman–Crippen LogP) is 2.17. The van der Waals surface area contributed by atoms with Crippen LogP contribution >= 0.6 is 35.4 Å². The molecule has 0 atom stereocenters. The van der Waals surface area contributed by atoms with Crippen LogP contribution < -0.4 is 15.9 Å². The highest BCUT2D eigenvalue weighted by molar-refractivity contribution is 7.80. The van der Waals surface area contributed by atoms with Crippen LogP contribution in [0.25, 0.3) is 0 Å². The van der Waals surface area contributed by atoms with Gasteiger partial charge in [0.25, 0.3) is 0 Å². The molecule has 0 aliphatic rings. The van der Waals surface area contributed by atoms with Crippen LogP contribution in [0, 0.1) is 0 Å². The first-order chi connectivity index (χ1) is 7.56. The van der Waals surface area contributed by atoms with E-state index in [-0.39, 0.29) is 5.11 Å². The number of nitrogens with one attached hydrogen (secondary N) is 1. The van der Waals surface area contributed by atoms with Gasteiger partial charge in [0.2, 0.25) is 0 Å². The van der Waals surface area contributed by atoms with Crippen molar-refractivity contribution in [2.45, 2.75) is 0 Å². The molecule has 0 saturated heterocycles. The summed E-state index contributed by atoms with van der Waals surface area (Å²) >= 11 is 16.5. The van der Waals surface area contributed by atoms with Gasteiger partial charge in [0.1, 0.15) is 10.8 Å². The third-order valence-electron chi connectivity index (χ3n) is 1.68. The number of ether oxygens (including phenoxy) is 1. The molecule has 0 heterocycles. The van der Waals surface area contributed by atoms with E-state index in [0.717, 1.165) is 0 Å². The summed E-state index contributed by atoms with van der Waals surface area (Å²) in [4.78, 5) is 0. The van der Waals surface area contributed by atoms with Crippen molar-refractivity contribution in [2.24, 2.45) is 10.8 Å². The SMILES string of the molecule is COc1ccc(C=NNC(N)=S)c(Cl)c1Cl. The van der Waals surface area contributed by atoms with Gasteiger partial charge in [-0.15, -0.1) is 0 Å². The van der Waals surface area contributed by atoms with Crippen LogP contribution in [-0.2, 0) is 0 Å². The third-order valence-corrected chi connectivity index (χ3v) is 2.65. The van der Waals surface area contributed by atoms with Crippen molar-refractivity contribution < 1.29 is 4.74 Å². The minimum Gasteiger partial charge on any atom is -0.495 e. The van der Waals surface area contributed by atoms with Gasteiger partial charge in [0.05, 0.1) is 18.3 Å². The van der Waals surface area contributed by atoms with Gasteiger partial charge in [-0.3, -0.25) is 5.43 Å². The fourth-order valence-electron chi connectivity index (χ4n) is 0.969. The number of methoxy groups -OCH3 is 1. The maximum Gasteiger partial charge on any atom is 0.184 e. The van der Waals surface area contributed by atoms with Crippen LogP contribution in [0.4, 0.5) is 0 Å². The molecule has 16 heavy (non-hydrogen) atoms. The fraction of sp³-hybridized carbons (Fsp3) is 0.111. The molecule has 0 aromatic heterocycles.